The maximum Gasteiger partial charge on any atom is 0.123 e. The minimum atomic E-state index is -0.212. The van der Waals surface area contributed by atoms with E-state index in [1.807, 2.05) is 7.05 Å². The van der Waals surface area contributed by atoms with E-state index < -0.39 is 0 Å². The molecule has 19 heavy (non-hydrogen) atoms. The quantitative estimate of drug-likeness (QED) is 0.722. The molecule has 3 heteroatoms. The van der Waals surface area contributed by atoms with Crippen LogP contribution in [-0.2, 0) is 6.42 Å². The van der Waals surface area contributed by atoms with Crippen LogP contribution in [0.5, 0.6) is 0 Å². The molecular formula is C16H25ClFN. The third-order valence-electron chi connectivity index (χ3n) is 3.84. The van der Waals surface area contributed by atoms with Gasteiger partial charge in [-0.3, -0.25) is 0 Å². The van der Waals surface area contributed by atoms with Crippen molar-refractivity contribution in [2.24, 2.45) is 5.92 Å². The van der Waals surface area contributed by atoms with Gasteiger partial charge >= 0.3 is 0 Å². The van der Waals surface area contributed by atoms with Gasteiger partial charge in [0, 0.05) is 11.1 Å². The van der Waals surface area contributed by atoms with Crippen LogP contribution in [0, 0.1) is 11.7 Å². The topological polar surface area (TPSA) is 12.0 Å². The lowest BCUT2D eigenvalue weighted by Crippen LogP contribution is -2.35. The maximum absolute atomic E-state index is 13.3. The van der Waals surface area contributed by atoms with Gasteiger partial charge in [-0.05, 0) is 49.6 Å². The summed E-state index contributed by atoms with van der Waals surface area (Å²) in [6, 6.07) is 4.97. The molecule has 108 valence electrons. The van der Waals surface area contributed by atoms with Crippen LogP contribution in [0.2, 0.25) is 5.02 Å². The molecule has 2 atom stereocenters. The predicted octanol–water partition coefficient (Wildman–Crippen LogP) is 4.83. The predicted molar refractivity (Wildman–Crippen MR) is 81.3 cm³/mol. The van der Waals surface area contributed by atoms with E-state index in [-0.39, 0.29) is 5.82 Å². The second kappa shape index (κ2) is 8.55. The fraction of sp³-hybridized carbons (Fsp3) is 0.625. The van der Waals surface area contributed by atoms with Crippen molar-refractivity contribution >= 4 is 11.6 Å². The molecule has 1 aromatic rings. The number of hydrogen-bond acceptors (Lipinski definition) is 1. The Morgan fingerprint density at radius 1 is 1.32 bits per heavy atom. The van der Waals surface area contributed by atoms with Gasteiger partial charge in [0.2, 0.25) is 0 Å². The van der Waals surface area contributed by atoms with Crippen LogP contribution in [0.15, 0.2) is 18.2 Å². The van der Waals surface area contributed by atoms with Gasteiger partial charge in [0.1, 0.15) is 5.82 Å². The second-order valence-electron chi connectivity index (χ2n) is 5.15. The van der Waals surface area contributed by atoms with Gasteiger partial charge in [-0.1, -0.05) is 44.7 Å². The third-order valence-corrected chi connectivity index (χ3v) is 4.21. The molecule has 0 saturated heterocycles. The molecule has 1 N–H and O–H groups in total. The minimum Gasteiger partial charge on any atom is -0.316 e. The molecule has 2 unspecified atom stereocenters. The molecule has 1 nitrogen and oxygen atoms in total. The zero-order valence-corrected chi connectivity index (χ0v) is 12.9. The Bertz CT molecular complexity index is 381. The number of nitrogens with one attached hydrogen (secondary N) is 1. The largest absolute Gasteiger partial charge is 0.316 e. The van der Waals surface area contributed by atoms with Gasteiger partial charge in [-0.25, -0.2) is 4.39 Å². The number of rotatable bonds is 8. The molecule has 0 spiro atoms. The fourth-order valence-corrected chi connectivity index (χ4v) is 2.79. The van der Waals surface area contributed by atoms with Crippen molar-refractivity contribution in [3.8, 4) is 0 Å². The Kier molecular flexibility index (Phi) is 7.40. The van der Waals surface area contributed by atoms with Gasteiger partial charge in [-0.2, -0.15) is 0 Å². The van der Waals surface area contributed by atoms with Crippen LogP contribution in [0.1, 0.15) is 45.1 Å². The van der Waals surface area contributed by atoms with E-state index in [0.29, 0.717) is 17.0 Å². The summed E-state index contributed by atoms with van der Waals surface area (Å²) in [4.78, 5) is 0. The highest BCUT2D eigenvalue weighted by atomic mass is 35.5. The lowest BCUT2D eigenvalue weighted by Gasteiger charge is -2.26. The average Bonchev–Trinajstić information content (AvgIpc) is 2.41. The molecule has 0 aromatic heterocycles. The number of benzene rings is 1. The van der Waals surface area contributed by atoms with Crippen LogP contribution < -0.4 is 5.32 Å². The van der Waals surface area contributed by atoms with Gasteiger partial charge < -0.3 is 5.32 Å². The van der Waals surface area contributed by atoms with Gasteiger partial charge in [0.25, 0.3) is 0 Å². The summed E-state index contributed by atoms with van der Waals surface area (Å²) in [6.07, 6.45) is 5.60. The Hall–Kier alpha value is -0.600. The molecule has 0 aliphatic heterocycles. The molecule has 0 bridgehead atoms. The SMILES string of the molecule is CCCCC(CC)C(Cc1cc(F)ccc1Cl)NC. The van der Waals surface area contributed by atoms with E-state index in [4.69, 9.17) is 11.6 Å². The number of halogens is 2. The standard InChI is InChI=1S/C16H25ClFN/c1-4-6-7-12(5-2)16(19-3)11-13-10-14(18)8-9-15(13)17/h8-10,12,16,19H,4-7,11H2,1-3H3. The molecule has 0 heterocycles. The lowest BCUT2D eigenvalue weighted by molar-refractivity contribution is 0.330. The average molecular weight is 286 g/mol. The molecule has 0 radical (unpaired) electrons. The van der Waals surface area contributed by atoms with E-state index >= 15 is 0 Å². The number of unbranched alkanes of at least 4 members (excludes halogenated alkanes) is 1. The monoisotopic (exact) mass is 285 g/mol. The van der Waals surface area contributed by atoms with Crippen LogP contribution >= 0.6 is 11.6 Å². The minimum absolute atomic E-state index is 0.212. The van der Waals surface area contributed by atoms with E-state index in [1.54, 1.807) is 12.1 Å². The molecule has 0 saturated carbocycles. The molecule has 0 fully saturated rings. The smallest absolute Gasteiger partial charge is 0.123 e. The van der Waals surface area contributed by atoms with E-state index in [1.165, 1.54) is 25.3 Å². The zero-order valence-electron chi connectivity index (χ0n) is 12.2. The highest BCUT2D eigenvalue weighted by molar-refractivity contribution is 6.31. The van der Waals surface area contributed by atoms with Gasteiger partial charge in [-0.15, -0.1) is 0 Å². The molecular weight excluding hydrogens is 261 g/mol. The van der Waals surface area contributed by atoms with E-state index in [2.05, 4.69) is 19.2 Å². The summed E-state index contributed by atoms with van der Waals surface area (Å²) in [6.45, 7) is 4.43. The first-order chi connectivity index (χ1) is 9.12. The van der Waals surface area contributed by atoms with Crippen molar-refractivity contribution in [1.29, 1.82) is 0 Å². The van der Waals surface area contributed by atoms with Crippen molar-refractivity contribution < 1.29 is 4.39 Å². The Morgan fingerprint density at radius 3 is 2.63 bits per heavy atom. The summed E-state index contributed by atoms with van der Waals surface area (Å²) in [5.74, 6) is 0.403. The second-order valence-corrected chi connectivity index (χ2v) is 5.55. The molecule has 0 amide bonds. The Balaban J connectivity index is 2.76. The first-order valence-corrected chi connectivity index (χ1v) is 7.61. The maximum atomic E-state index is 13.3. The van der Waals surface area contributed by atoms with Crippen LogP contribution in [-0.4, -0.2) is 13.1 Å². The van der Waals surface area contributed by atoms with Crippen molar-refractivity contribution in [3.05, 3.63) is 34.6 Å². The highest BCUT2D eigenvalue weighted by Crippen LogP contribution is 2.24. The highest BCUT2D eigenvalue weighted by Gasteiger charge is 2.19. The summed E-state index contributed by atoms with van der Waals surface area (Å²) in [5.41, 5.74) is 0.899. The third kappa shape index (κ3) is 5.12. The molecule has 0 aliphatic rings. The first-order valence-electron chi connectivity index (χ1n) is 7.23. The van der Waals surface area contributed by atoms with Crippen molar-refractivity contribution in [2.75, 3.05) is 7.05 Å². The summed E-state index contributed by atoms with van der Waals surface area (Å²) in [5, 5.41) is 4.04. The first kappa shape index (κ1) is 16.5. The Morgan fingerprint density at radius 2 is 2.05 bits per heavy atom. The molecule has 1 aromatic carbocycles. The molecule has 1 rings (SSSR count). The van der Waals surface area contributed by atoms with Crippen molar-refractivity contribution in [2.45, 2.75) is 52.0 Å². The normalized spacial score (nSPS) is 14.4. The van der Waals surface area contributed by atoms with Crippen molar-refractivity contribution in [3.63, 3.8) is 0 Å². The summed E-state index contributed by atoms with van der Waals surface area (Å²) >= 11 is 6.16. The van der Waals surface area contributed by atoms with Crippen LogP contribution in [0.4, 0.5) is 4.39 Å². The number of likely N-dealkylation sites (N-methyl/N-ethyl adjacent to an activating group) is 1. The van der Waals surface area contributed by atoms with E-state index in [9.17, 15) is 4.39 Å². The van der Waals surface area contributed by atoms with Crippen molar-refractivity contribution in [1.82, 2.24) is 5.32 Å². The van der Waals surface area contributed by atoms with Gasteiger partial charge in [0.15, 0.2) is 0 Å². The fourth-order valence-electron chi connectivity index (χ4n) is 2.60. The molecule has 0 aliphatic carbocycles. The Labute approximate surface area is 121 Å². The van der Waals surface area contributed by atoms with Gasteiger partial charge in [0.05, 0.1) is 0 Å². The van der Waals surface area contributed by atoms with Crippen LogP contribution in [0.3, 0.4) is 0 Å². The van der Waals surface area contributed by atoms with Crippen LogP contribution in [0.25, 0.3) is 0 Å². The lowest BCUT2D eigenvalue weighted by atomic mass is 9.87. The zero-order chi connectivity index (χ0) is 14.3. The summed E-state index contributed by atoms with van der Waals surface area (Å²) < 4.78 is 13.3. The van der Waals surface area contributed by atoms with E-state index in [0.717, 1.165) is 18.4 Å². The summed E-state index contributed by atoms with van der Waals surface area (Å²) in [7, 11) is 1.98. The number of hydrogen-bond donors (Lipinski definition) is 1.